The van der Waals surface area contributed by atoms with Crippen LogP contribution in [0, 0.1) is 0 Å². The molecule has 0 aliphatic rings. The Morgan fingerprint density at radius 1 is 0.833 bits per heavy atom. The molecule has 0 radical (unpaired) electrons. The van der Waals surface area contributed by atoms with Gasteiger partial charge in [-0.2, -0.15) is 0 Å². The molecule has 0 aliphatic heterocycles. The van der Waals surface area contributed by atoms with Gasteiger partial charge in [0.2, 0.25) is 0 Å². The van der Waals surface area contributed by atoms with E-state index < -0.39 is 11.8 Å². The molecule has 3 rings (SSSR count). The minimum atomic E-state index is -0.435. The van der Waals surface area contributed by atoms with Gasteiger partial charge in [0.05, 0.1) is 11.1 Å². The van der Waals surface area contributed by atoms with Crippen LogP contribution in [0.15, 0.2) is 77.3 Å². The molecule has 0 fully saturated rings. The average molecular weight is 469 g/mol. The SMILES string of the molecule is CCOc1ccc(C(=O)NNC(=O)c2ccc(OCc3ccccc3)cc2)cc1Br. The molecule has 0 saturated carbocycles. The Morgan fingerprint density at radius 3 is 2.10 bits per heavy atom. The lowest BCUT2D eigenvalue weighted by molar-refractivity contribution is 0.0846. The Labute approximate surface area is 183 Å². The standard InChI is InChI=1S/C23H21BrN2O4/c1-2-29-21-13-10-18(14-20(21)24)23(28)26-25-22(27)17-8-11-19(12-9-17)30-15-16-6-4-3-5-7-16/h3-14H,2,15H2,1H3,(H,25,27)(H,26,28). The number of benzene rings is 3. The predicted octanol–water partition coefficient (Wildman–Crippen LogP) is 4.50. The summed E-state index contributed by atoms with van der Waals surface area (Å²) in [6.07, 6.45) is 0. The van der Waals surface area contributed by atoms with E-state index in [9.17, 15) is 9.59 Å². The van der Waals surface area contributed by atoms with E-state index in [1.54, 1.807) is 42.5 Å². The second-order valence-corrected chi connectivity index (χ2v) is 7.14. The Hall–Kier alpha value is -3.32. The van der Waals surface area contributed by atoms with E-state index in [2.05, 4.69) is 26.8 Å². The highest BCUT2D eigenvalue weighted by Gasteiger charge is 2.11. The number of hydrogen-bond donors (Lipinski definition) is 2. The summed E-state index contributed by atoms with van der Waals surface area (Å²) in [5.41, 5.74) is 6.65. The number of hydrogen-bond acceptors (Lipinski definition) is 4. The molecule has 30 heavy (non-hydrogen) atoms. The molecule has 0 aliphatic carbocycles. The van der Waals surface area contributed by atoms with E-state index in [0.29, 0.717) is 40.3 Å². The number of carbonyl (C=O) groups is 2. The van der Waals surface area contributed by atoms with E-state index in [-0.39, 0.29) is 0 Å². The van der Waals surface area contributed by atoms with Crippen LogP contribution in [0.25, 0.3) is 0 Å². The van der Waals surface area contributed by atoms with Crippen molar-refractivity contribution >= 4 is 27.7 Å². The molecule has 3 aromatic carbocycles. The Balaban J connectivity index is 1.52. The van der Waals surface area contributed by atoms with Crippen LogP contribution in [0.3, 0.4) is 0 Å². The average Bonchev–Trinajstić information content (AvgIpc) is 2.78. The molecular weight excluding hydrogens is 448 g/mol. The molecule has 2 N–H and O–H groups in total. The van der Waals surface area contributed by atoms with Crippen LogP contribution in [0.5, 0.6) is 11.5 Å². The number of ether oxygens (including phenoxy) is 2. The fourth-order valence-electron chi connectivity index (χ4n) is 2.62. The highest BCUT2D eigenvalue weighted by molar-refractivity contribution is 9.10. The van der Waals surface area contributed by atoms with Crippen LogP contribution in [0.2, 0.25) is 0 Å². The Kier molecular flexibility index (Phi) is 7.45. The maximum absolute atomic E-state index is 12.3. The second kappa shape index (κ2) is 10.5. The number of nitrogens with one attached hydrogen (secondary N) is 2. The summed E-state index contributed by atoms with van der Waals surface area (Å²) < 4.78 is 11.8. The number of halogens is 1. The molecular formula is C23H21BrN2O4. The van der Waals surface area contributed by atoms with Gasteiger partial charge in [0.1, 0.15) is 18.1 Å². The number of amides is 2. The van der Waals surface area contributed by atoms with Gasteiger partial charge < -0.3 is 9.47 Å². The molecule has 0 saturated heterocycles. The van der Waals surface area contributed by atoms with Crippen molar-refractivity contribution in [3.05, 3.63) is 94.0 Å². The molecule has 0 aromatic heterocycles. The van der Waals surface area contributed by atoms with E-state index >= 15 is 0 Å². The zero-order valence-electron chi connectivity index (χ0n) is 16.4. The Bertz CT molecular complexity index is 1010. The number of carbonyl (C=O) groups excluding carboxylic acids is 2. The first-order valence-electron chi connectivity index (χ1n) is 9.36. The van der Waals surface area contributed by atoms with Crippen molar-refractivity contribution in [2.45, 2.75) is 13.5 Å². The molecule has 154 valence electrons. The molecule has 0 bridgehead atoms. The van der Waals surface area contributed by atoms with Gasteiger partial charge >= 0.3 is 0 Å². The monoisotopic (exact) mass is 468 g/mol. The lowest BCUT2D eigenvalue weighted by atomic mass is 10.2. The van der Waals surface area contributed by atoms with Crippen molar-refractivity contribution in [3.63, 3.8) is 0 Å². The maximum Gasteiger partial charge on any atom is 0.269 e. The molecule has 3 aromatic rings. The van der Waals surface area contributed by atoms with Crippen LogP contribution in [0.4, 0.5) is 0 Å². The first kappa shape index (κ1) is 21.4. The molecule has 7 heteroatoms. The summed E-state index contributed by atoms with van der Waals surface area (Å²) in [6.45, 7) is 2.85. The van der Waals surface area contributed by atoms with Crippen molar-refractivity contribution in [3.8, 4) is 11.5 Å². The van der Waals surface area contributed by atoms with Crippen molar-refractivity contribution in [2.75, 3.05) is 6.61 Å². The topological polar surface area (TPSA) is 76.7 Å². The van der Waals surface area contributed by atoms with Gasteiger partial charge in [0.15, 0.2) is 0 Å². The summed E-state index contributed by atoms with van der Waals surface area (Å²) in [7, 11) is 0. The normalized spacial score (nSPS) is 10.2. The fraction of sp³-hybridized carbons (Fsp3) is 0.130. The van der Waals surface area contributed by atoms with Gasteiger partial charge in [-0.15, -0.1) is 0 Å². The second-order valence-electron chi connectivity index (χ2n) is 6.29. The number of hydrazine groups is 1. The predicted molar refractivity (Wildman–Crippen MR) is 117 cm³/mol. The Morgan fingerprint density at radius 2 is 1.47 bits per heavy atom. The fourth-order valence-corrected chi connectivity index (χ4v) is 3.11. The van der Waals surface area contributed by atoms with E-state index in [4.69, 9.17) is 9.47 Å². The minimum Gasteiger partial charge on any atom is -0.493 e. The zero-order valence-corrected chi connectivity index (χ0v) is 17.9. The summed E-state index contributed by atoms with van der Waals surface area (Å²) in [4.78, 5) is 24.5. The summed E-state index contributed by atoms with van der Waals surface area (Å²) >= 11 is 3.36. The smallest absolute Gasteiger partial charge is 0.269 e. The van der Waals surface area contributed by atoms with E-state index in [0.717, 1.165) is 5.56 Å². The number of rotatable bonds is 7. The van der Waals surface area contributed by atoms with Gasteiger partial charge in [0.25, 0.3) is 11.8 Å². The van der Waals surface area contributed by atoms with Gasteiger partial charge in [-0.3, -0.25) is 20.4 Å². The van der Waals surface area contributed by atoms with Gasteiger partial charge in [-0.05, 0) is 70.9 Å². The third kappa shape index (κ3) is 5.84. The largest absolute Gasteiger partial charge is 0.493 e. The van der Waals surface area contributed by atoms with Crippen molar-refractivity contribution in [1.82, 2.24) is 10.9 Å². The summed E-state index contributed by atoms with van der Waals surface area (Å²) in [5.74, 6) is 0.434. The quantitative estimate of drug-likeness (QED) is 0.500. The summed E-state index contributed by atoms with van der Waals surface area (Å²) in [6, 6.07) is 21.4. The highest BCUT2D eigenvalue weighted by Crippen LogP contribution is 2.25. The molecule has 0 unspecified atom stereocenters. The first-order valence-corrected chi connectivity index (χ1v) is 10.2. The van der Waals surface area contributed by atoms with Crippen molar-refractivity contribution < 1.29 is 19.1 Å². The highest BCUT2D eigenvalue weighted by atomic mass is 79.9. The van der Waals surface area contributed by atoms with Crippen LogP contribution >= 0.6 is 15.9 Å². The van der Waals surface area contributed by atoms with Crippen LogP contribution in [-0.4, -0.2) is 18.4 Å². The molecule has 0 atom stereocenters. The van der Waals surface area contributed by atoms with Gasteiger partial charge in [-0.1, -0.05) is 30.3 Å². The molecule has 2 amide bonds. The van der Waals surface area contributed by atoms with Crippen LogP contribution in [0.1, 0.15) is 33.2 Å². The molecule has 0 spiro atoms. The van der Waals surface area contributed by atoms with Crippen LogP contribution < -0.4 is 20.3 Å². The summed E-state index contributed by atoms with van der Waals surface area (Å²) in [5, 5.41) is 0. The van der Waals surface area contributed by atoms with E-state index in [1.165, 1.54) is 0 Å². The zero-order chi connectivity index (χ0) is 21.3. The van der Waals surface area contributed by atoms with Gasteiger partial charge in [0, 0.05) is 11.1 Å². The third-order valence-electron chi connectivity index (χ3n) is 4.15. The molecule has 6 nitrogen and oxygen atoms in total. The van der Waals surface area contributed by atoms with Crippen LogP contribution in [-0.2, 0) is 6.61 Å². The van der Waals surface area contributed by atoms with Gasteiger partial charge in [-0.25, -0.2) is 0 Å². The lowest BCUT2D eigenvalue weighted by Crippen LogP contribution is -2.41. The maximum atomic E-state index is 12.3. The van der Waals surface area contributed by atoms with Crippen molar-refractivity contribution in [2.24, 2.45) is 0 Å². The lowest BCUT2D eigenvalue weighted by Gasteiger charge is -2.10. The van der Waals surface area contributed by atoms with E-state index in [1.807, 2.05) is 37.3 Å². The molecule has 0 heterocycles. The third-order valence-corrected chi connectivity index (χ3v) is 4.77. The minimum absolute atomic E-state index is 0.385. The first-order chi connectivity index (χ1) is 14.6. The van der Waals surface area contributed by atoms with Crippen molar-refractivity contribution in [1.29, 1.82) is 0 Å².